The lowest BCUT2D eigenvalue weighted by atomic mass is 9.71. The fourth-order valence-corrected chi connectivity index (χ4v) is 8.85. The summed E-state index contributed by atoms with van der Waals surface area (Å²) in [5.41, 5.74) is 23.5. The van der Waals surface area contributed by atoms with Crippen molar-refractivity contribution in [3.8, 4) is 0 Å². The van der Waals surface area contributed by atoms with Crippen molar-refractivity contribution in [3.05, 3.63) is 0 Å². The summed E-state index contributed by atoms with van der Waals surface area (Å²) in [5, 5.41) is 10.4. The number of nitrogens with two attached hydrogens (primary N) is 3. The Bertz CT molecular complexity index is 839. The molecule has 10 unspecified atom stereocenters. The van der Waals surface area contributed by atoms with Crippen molar-refractivity contribution in [2.24, 2.45) is 57.7 Å². The van der Waals surface area contributed by atoms with Crippen LogP contribution < -0.4 is 33.5 Å². The van der Waals surface area contributed by atoms with Gasteiger partial charge in [0.25, 0.3) is 0 Å². The first-order valence-electron chi connectivity index (χ1n) is 16.4. The lowest BCUT2D eigenvalue weighted by Crippen LogP contribution is -2.39. The monoisotopic (exact) mass is 560 g/mol. The van der Waals surface area contributed by atoms with E-state index < -0.39 is 0 Å². The normalized spacial score (nSPS) is 40.5. The van der Waals surface area contributed by atoms with Crippen LogP contribution >= 0.6 is 0 Å². The van der Waals surface area contributed by atoms with Crippen LogP contribution in [-0.2, 0) is 9.68 Å². The van der Waals surface area contributed by atoms with Crippen LogP contribution in [0.2, 0.25) is 0 Å². The Kier molecular flexibility index (Phi) is 10.8. The third-order valence-corrected chi connectivity index (χ3v) is 11.0. The topological polar surface area (TPSA) is 169 Å². The summed E-state index contributed by atoms with van der Waals surface area (Å²) in [7, 11) is 0. The first kappa shape index (κ1) is 29.9. The van der Waals surface area contributed by atoms with Crippen molar-refractivity contribution < 1.29 is 9.68 Å². The van der Waals surface area contributed by atoms with Crippen LogP contribution in [0.1, 0.15) is 103 Å². The van der Waals surface area contributed by atoms with Gasteiger partial charge in [-0.05, 0) is 106 Å². The number of rotatable bonds is 10. The average Bonchev–Trinajstić information content (AvgIpc) is 3.64. The summed E-state index contributed by atoms with van der Waals surface area (Å²) in [6.07, 6.45) is 20.6. The predicted octanol–water partition coefficient (Wildman–Crippen LogP) is 3.27. The van der Waals surface area contributed by atoms with Crippen LogP contribution in [0.3, 0.4) is 0 Å². The summed E-state index contributed by atoms with van der Waals surface area (Å²) in [5.74, 6) is 4.40. The second kappa shape index (κ2) is 14.5. The smallest absolute Gasteiger partial charge is 0.185 e. The summed E-state index contributed by atoms with van der Waals surface area (Å²) in [6.45, 7) is 1.55. The summed E-state index contributed by atoms with van der Waals surface area (Å²) in [4.78, 5) is 16.8. The number of hydrogen-bond donors (Lipinski definition) is 7. The maximum Gasteiger partial charge on any atom is 0.185 e. The van der Waals surface area contributed by atoms with Gasteiger partial charge in [0.2, 0.25) is 0 Å². The van der Waals surface area contributed by atoms with Gasteiger partial charge in [-0.2, -0.15) is 11.0 Å². The van der Waals surface area contributed by atoms with E-state index in [1.54, 1.807) is 0 Å². The molecule has 2 heterocycles. The van der Waals surface area contributed by atoms with Crippen molar-refractivity contribution in [2.45, 2.75) is 127 Å². The van der Waals surface area contributed by atoms with Gasteiger partial charge in [0, 0.05) is 25.2 Å². The Morgan fingerprint density at radius 2 is 1.23 bits per heavy atom. The molecule has 0 amide bonds. The molecule has 228 valence electrons. The van der Waals surface area contributed by atoms with Crippen LogP contribution in [0.25, 0.3) is 0 Å². The molecule has 0 radical (unpaired) electrons. The standard InChI is InChI=1S/C30H56N8O2/c31-29(32)35-12-10-19-4-1-8-23(14-19)27-17-25(37-39-27)21-6-3-7-22(16-21)26-18-28(40-38-26)24-9-2-5-20(15-24)11-13-36-30(33)34/h19-28,37-38H,1-18H2,(H4,31,32,35)(H4,33,34,36). The highest BCUT2D eigenvalue weighted by Crippen LogP contribution is 2.43. The minimum absolute atomic E-state index is 0.0813. The SMILES string of the molecule is N=C(N)NCCC1CCCC(C2CC(C3CCCC(C4CC(C5CCCC(CCN=C(N)N)C5)ON4)C3)NO2)C1. The number of guanidine groups is 2. The van der Waals surface area contributed by atoms with Gasteiger partial charge < -0.3 is 22.5 Å². The Morgan fingerprint density at radius 3 is 1.77 bits per heavy atom. The van der Waals surface area contributed by atoms with Crippen molar-refractivity contribution in [1.29, 1.82) is 5.41 Å². The van der Waals surface area contributed by atoms with Gasteiger partial charge in [-0.1, -0.05) is 32.1 Å². The van der Waals surface area contributed by atoms with E-state index in [4.69, 9.17) is 32.3 Å². The third-order valence-electron chi connectivity index (χ3n) is 11.0. The number of nitrogens with one attached hydrogen (secondary N) is 4. The number of nitrogens with zero attached hydrogens (tertiary/aromatic N) is 1. The molecule has 3 saturated carbocycles. The van der Waals surface area contributed by atoms with Crippen LogP contribution in [0.4, 0.5) is 0 Å². The Morgan fingerprint density at radius 1 is 0.700 bits per heavy atom. The fraction of sp³-hybridized carbons (Fsp3) is 0.933. The molecule has 5 fully saturated rings. The molecule has 10 N–H and O–H groups in total. The largest absolute Gasteiger partial charge is 0.370 e. The van der Waals surface area contributed by atoms with Crippen LogP contribution in [0.15, 0.2) is 4.99 Å². The lowest BCUT2D eigenvalue weighted by molar-refractivity contribution is -0.0288. The zero-order chi connectivity index (χ0) is 27.9. The molecule has 2 saturated heterocycles. The highest BCUT2D eigenvalue weighted by atomic mass is 16.7. The molecule has 0 bridgehead atoms. The van der Waals surface area contributed by atoms with Crippen molar-refractivity contribution in [2.75, 3.05) is 13.1 Å². The molecule has 0 aromatic rings. The minimum Gasteiger partial charge on any atom is -0.370 e. The number of hydrogen-bond acceptors (Lipinski definition) is 6. The molecule has 0 aromatic carbocycles. The van der Waals surface area contributed by atoms with Gasteiger partial charge in [0.15, 0.2) is 11.9 Å². The number of hydroxylamine groups is 2. The second-order valence-electron chi connectivity index (χ2n) is 13.7. The molecule has 40 heavy (non-hydrogen) atoms. The first-order valence-corrected chi connectivity index (χ1v) is 16.4. The van der Waals surface area contributed by atoms with Crippen molar-refractivity contribution in [1.82, 2.24) is 16.3 Å². The maximum atomic E-state index is 7.39. The van der Waals surface area contributed by atoms with Crippen LogP contribution in [0, 0.1) is 40.9 Å². The summed E-state index contributed by atoms with van der Waals surface area (Å²) >= 11 is 0. The molecule has 10 atom stereocenters. The fourth-order valence-electron chi connectivity index (χ4n) is 8.85. The lowest BCUT2D eigenvalue weighted by Gasteiger charge is -2.35. The van der Waals surface area contributed by atoms with Gasteiger partial charge >= 0.3 is 0 Å². The molecule has 10 nitrogen and oxygen atoms in total. The van der Waals surface area contributed by atoms with Gasteiger partial charge in [-0.15, -0.1) is 0 Å². The van der Waals surface area contributed by atoms with Crippen molar-refractivity contribution >= 4 is 11.9 Å². The highest BCUT2D eigenvalue weighted by Gasteiger charge is 2.43. The summed E-state index contributed by atoms with van der Waals surface area (Å²) in [6, 6.07) is 0.964. The van der Waals surface area contributed by atoms with Gasteiger partial charge in [-0.3, -0.25) is 20.1 Å². The molecule has 0 spiro atoms. The first-order chi connectivity index (χ1) is 19.4. The van der Waals surface area contributed by atoms with Crippen molar-refractivity contribution in [3.63, 3.8) is 0 Å². The molecular weight excluding hydrogens is 504 g/mol. The molecule has 2 aliphatic heterocycles. The Hall–Kier alpha value is -1.62. The van der Waals surface area contributed by atoms with E-state index >= 15 is 0 Å². The van der Waals surface area contributed by atoms with E-state index in [1.165, 1.54) is 77.0 Å². The second-order valence-corrected chi connectivity index (χ2v) is 13.7. The Balaban J connectivity index is 1.05. The van der Waals surface area contributed by atoms with E-state index in [1.807, 2.05) is 0 Å². The van der Waals surface area contributed by atoms with E-state index in [9.17, 15) is 0 Å². The highest BCUT2D eigenvalue weighted by molar-refractivity contribution is 5.75. The molecule has 0 aromatic heterocycles. The minimum atomic E-state index is 0.0813. The van der Waals surface area contributed by atoms with E-state index in [-0.39, 0.29) is 11.9 Å². The van der Waals surface area contributed by atoms with E-state index in [0.717, 1.165) is 38.8 Å². The molecule has 5 aliphatic rings. The molecule has 5 rings (SSSR count). The van der Waals surface area contributed by atoms with Gasteiger partial charge in [0.05, 0.1) is 12.2 Å². The predicted molar refractivity (Wildman–Crippen MR) is 159 cm³/mol. The number of aliphatic imine (C=N–C) groups is 1. The van der Waals surface area contributed by atoms with Gasteiger partial charge in [-0.25, -0.2) is 0 Å². The third kappa shape index (κ3) is 8.23. The zero-order valence-electron chi connectivity index (χ0n) is 24.5. The average molecular weight is 561 g/mol. The molecule has 3 aliphatic carbocycles. The van der Waals surface area contributed by atoms with Gasteiger partial charge in [0.1, 0.15) is 0 Å². The van der Waals surface area contributed by atoms with Crippen LogP contribution in [-0.4, -0.2) is 49.3 Å². The Labute approximate surface area is 241 Å². The quantitative estimate of drug-likeness (QED) is 0.158. The van der Waals surface area contributed by atoms with E-state index in [0.29, 0.717) is 59.8 Å². The maximum absolute atomic E-state index is 7.39. The summed E-state index contributed by atoms with van der Waals surface area (Å²) < 4.78 is 0. The van der Waals surface area contributed by atoms with E-state index in [2.05, 4.69) is 21.3 Å². The van der Waals surface area contributed by atoms with Crippen LogP contribution in [0.5, 0.6) is 0 Å². The molecular formula is C30H56N8O2. The zero-order valence-corrected chi connectivity index (χ0v) is 24.5. The molecule has 10 heteroatoms.